The van der Waals surface area contributed by atoms with Crippen molar-refractivity contribution in [3.05, 3.63) is 176 Å². The maximum absolute atomic E-state index is 5.03. The van der Waals surface area contributed by atoms with Crippen molar-refractivity contribution >= 4 is 10.8 Å². The van der Waals surface area contributed by atoms with Crippen molar-refractivity contribution in [2.75, 3.05) is 0 Å². The van der Waals surface area contributed by atoms with Crippen molar-refractivity contribution in [3.63, 3.8) is 0 Å². The van der Waals surface area contributed by atoms with Gasteiger partial charge in [0.1, 0.15) is 0 Å². The Labute approximate surface area is 268 Å². The zero-order chi connectivity index (χ0) is 30.7. The van der Waals surface area contributed by atoms with Crippen molar-refractivity contribution < 1.29 is 0 Å². The first-order chi connectivity index (χ1) is 22.8. The van der Waals surface area contributed by atoms with Gasteiger partial charge in [-0.05, 0) is 50.2 Å². The van der Waals surface area contributed by atoms with E-state index >= 15 is 0 Å². The van der Waals surface area contributed by atoms with E-state index in [1.165, 1.54) is 27.6 Å². The van der Waals surface area contributed by atoms with E-state index in [1.54, 1.807) is 0 Å². The zero-order valence-electron chi connectivity index (χ0n) is 25.1. The van der Waals surface area contributed by atoms with Gasteiger partial charge in [-0.2, -0.15) is 0 Å². The molecule has 0 bridgehead atoms. The van der Waals surface area contributed by atoms with Crippen LogP contribution in [0.2, 0.25) is 0 Å². The van der Waals surface area contributed by atoms with E-state index in [0.29, 0.717) is 17.5 Å². The summed E-state index contributed by atoms with van der Waals surface area (Å²) in [4.78, 5) is 15.1. The monoisotopic (exact) mass is 587 g/mol. The summed E-state index contributed by atoms with van der Waals surface area (Å²) in [5, 5.41) is 2.33. The molecule has 0 fully saturated rings. The summed E-state index contributed by atoms with van der Waals surface area (Å²) in [5.41, 5.74) is 9.89. The van der Waals surface area contributed by atoms with Crippen LogP contribution in [0.15, 0.2) is 176 Å². The van der Waals surface area contributed by atoms with Crippen LogP contribution in [0, 0.1) is 0 Å². The molecule has 0 amide bonds. The van der Waals surface area contributed by atoms with Crippen molar-refractivity contribution in [2.24, 2.45) is 0 Å². The van der Waals surface area contributed by atoms with E-state index < -0.39 is 0 Å². The van der Waals surface area contributed by atoms with E-state index in [0.717, 1.165) is 33.2 Å². The third kappa shape index (κ3) is 5.47. The third-order valence-electron chi connectivity index (χ3n) is 8.36. The molecule has 46 heavy (non-hydrogen) atoms. The smallest absolute Gasteiger partial charge is 0.164 e. The van der Waals surface area contributed by atoms with E-state index in [1.807, 2.05) is 18.2 Å². The van der Waals surface area contributed by atoms with Crippen LogP contribution in [0.1, 0.15) is 0 Å². The van der Waals surface area contributed by atoms with Crippen LogP contribution in [0.25, 0.3) is 78.3 Å². The van der Waals surface area contributed by atoms with Crippen LogP contribution in [0.3, 0.4) is 0 Å². The Balaban J connectivity index is 1.23. The fourth-order valence-corrected chi connectivity index (χ4v) is 5.94. The lowest BCUT2D eigenvalue weighted by Gasteiger charge is -2.11. The summed E-state index contributed by atoms with van der Waals surface area (Å²) in [5.74, 6) is 1.93. The number of aromatic nitrogens is 3. The maximum atomic E-state index is 5.03. The minimum Gasteiger partial charge on any atom is -0.208 e. The average Bonchev–Trinajstić information content (AvgIpc) is 3.15. The van der Waals surface area contributed by atoms with E-state index in [-0.39, 0.29) is 0 Å². The topological polar surface area (TPSA) is 38.7 Å². The van der Waals surface area contributed by atoms with Gasteiger partial charge >= 0.3 is 0 Å². The number of fused-ring (bicyclic) bond motifs is 1. The SMILES string of the molecule is c1ccc(-c2ccc(-c3nc(-c4ccc(-c5ccccc5)cc4)nc(-c4ccc5c(-c6ccccc6)cccc5c4)n3)cc2)cc1. The number of hydrogen-bond donors (Lipinski definition) is 0. The molecule has 0 aliphatic rings. The lowest BCUT2D eigenvalue weighted by molar-refractivity contribution is 1.07. The molecule has 0 radical (unpaired) electrons. The average molecular weight is 588 g/mol. The van der Waals surface area contributed by atoms with E-state index in [9.17, 15) is 0 Å². The summed E-state index contributed by atoms with van der Waals surface area (Å²) >= 11 is 0. The lowest BCUT2D eigenvalue weighted by atomic mass is 9.97. The Morgan fingerprint density at radius 2 is 0.652 bits per heavy atom. The highest BCUT2D eigenvalue weighted by Crippen LogP contribution is 2.33. The van der Waals surface area contributed by atoms with Gasteiger partial charge in [0.2, 0.25) is 0 Å². The second kappa shape index (κ2) is 12.1. The second-order valence-corrected chi connectivity index (χ2v) is 11.3. The first-order valence-corrected chi connectivity index (χ1v) is 15.4. The summed E-state index contributed by atoms with van der Waals surface area (Å²) in [7, 11) is 0. The number of hydrogen-bond acceptors (Lipinski definition) is 3. The number of benzene rings is 7. The highest BCUT2D eigenvalue weighted by molar-refractivity contribution is 5.98. The van der Waals surface area contributed by atoms with Crippen LogP contribution in [0.4, 0.5) is 0 Å². The van der Waals surface area contributed by atoms with Crippen molar-refractivity contribution in [2.45, 2.75) is 0 Å². The molecule has 7 aromatic carbocycles. The summed E-state index contributed by atoms with van der Waals surface area (Å²) < 4.78 is 0. The number of nitrogens with zero attached hydrogens (tertiary/aromatic N) is 3. The molecule has 3 nitrogen and oxygen atoms in total. The van der Waals surface area contributed by atoms with Gasteiger partial charge in [-0.1, -0.05) is 170 Å². The highest BCUT2D eigenvalue weighted by atomic mass is 15.0. The summed E-state index contributed by atoms with van der Waals surface area (Å²) in [6.07, 6.45) is 0. The summed E-state index contributed by atoms with van der Waals surface area (Å²) in [6.45, 7) is 0. The van der Waals surface area contributed by atoms with Gasteiger partial charge in [-0.25, -0.2) is 15.0 Å². The van der Waals surface area contributed by atoms with Crippen molar-refractivity contribution in [1.29, 1.82) is 0 Å². The molecule has 216 valence electrons. The fourth-order valence-electron chi connectivity index (χ4n) is 5.94. The molecule has 3 heteroatoms. The predicted octanol–water partition coefficient (Wildman–Crippen LogP) is 11.0. The molecular formula is C43H29N3. The lowest BCUT2D eigenvalue weighted by Crippen LogP contribution is -2.00. The van der Waals surface area contributed by atoms with E-state index in [4.69, 9.17) is 15.0 Å². The molecule has 0 aliphatic carbocycles. The van der Waals surface area contributed by atoms with Crippen LogP contribution in [-0.4, -0.2) is 15.0 Å². The Morgan fingerprint density at radius 1 is 0.261 bits per heavy atom. The first-order valence-electron chi connectivity index (χ1n) is 15.4. The van der Waals surface area contributed by atoms with Gasteiger partial charge in [0.15, 0.2) is 17.5 Å². The second-order valence-electron chi connectivity index (χ2n) is 11.3. The zero-order valence-corrected chi connectivity index (χ0v) is 25.1. The van der Waals surface area contributed by atoms with E-state index in [2.05, 4.69) is 158 Å². The molecule has 0 saturated carbocycles. The third-order valence-corrected chi connectivity index (χ3v) is 8.36. The molecule has 0 atom stereocenters. The van der Waals surface area contributed by atoms with Gasteiger partial charge < -0.3 is 0 Å². The maximum Gasteiger partial charge on any atom is 0.164 e. The fraction of sp³-hybridized carbons (Fsp3) is 0. The molecular weight excluding hydrogens is 558 g/mol. The largest absolute Gasteiger partial charge is 0.208 e. The number of rotatable bonds is 6. The summed E-state index contributed by atoms with van der Waals surface area (Å²) in [6, 6.07) is 61.1. The van der Waals surface area contributed by atoms with Gasteiger partial charge in [0, 0.05) is 16.7 Å². The molecule has 0 aliphatic heterocycles. The van der Waals surface area contributed by atoms with Crippen molar-refractivity contribution in [3.8, 4) is 67.5 Å². The van der Waals surface area contributed by atoms with Gasteiger partial charge in [0.05, 0.1) is 0 Å². The molecule has 0 N–H and O–H groups in total. The van der Waals surface area contributed by atoms with Crippen LogP contribution in [0.5, 0.6) is 0 Å². The van der Waals surface area contributed by atoms with Gasteiger partial charge in [-0.15, -0.1) is 0 Å². The quantitative estimate of drug-likeness (QED) is 0.194. The molecule has 8 rings (SSSR count). The minimum atomic E-state index is 0.643. The molecule has 0 unspecified atom stereocenters. The molecule has 1 heterocycles. The standard InChI is InChI=1S/C43H29N3/c1-4-11-30(12-5-1)32-19-23-35(24-20-32)41-44-42(36-25-21-33(22-26-36)31-13-6-2-7-14-31)46-43(45-41)38-27-28-40-37(29-38)17-10-18-39(40)34-15-8-3-9-16-34/h1-29H. The minimum absolute atomic E-state index is 0.643. The van der Waals surface area contributed by atoms with Gasteiger partial charge in [0.25, 0.3) is 0 Å². The predicted molar refractivity (Wildman–Crippen MR) is 190 cm³/mol. The van der Waals surface area contributed by atoms with Crippen molar-refractivity contribution in [1.82, 2.24) is 15.0 Å². The molecule has 0 spiro atoms. The highest BCUT2D eigenvalue weighted by Gasteiger charge is 2.14. The Hall–Kier alpha value is -6.19. The Morgan fingerprint density at radius 3 is 1.15 bits per heavy atom. The molecule has 0 saturated heterocycles. The normalized spacial score (nSPS) is 11.0. The molecule has 8 aromatic rings. The first kappa shape index (κ1) is 27.4. The van der Waals surface area contributed by atoms with Gasteiger partial charge in [-0.3, -0.25) is 0 Å². The van der Waals surface area contributed by atoms with Crippen LogP contribution in [-0.2, 0) is 0 Å². The van der Waals surface area contributed by atoms with Crippen LogP contribution >= 0.6 is 0 Å². The van der Waals surface area contributed by atoms with Crippen LogP contribution < -0.4 is 0 Å². The molecule has 1 aromatic heterocycles. The Kier molecular flexibility index (Phi) is 7.18. The Bertz CT molecular complexity index is 2160.